The number of carbonyl (C=O) groups excluding carboxylic acids is 1. The maximum absolute atomic E-state index is 12.7. The van der Waals surface area contributed by atoms with Crippen LogP contribution in [0.4, 0.5) is 5.69 Å². The zero-order chi connectivity index (χ0) is 14.8. The van der Waals surface area contributed by atoms with E-state index in [1.165, 1.54) is 11.3 Å². The highest BCUT2D eigenvalue weighted by Gasteiger charge is 2.32. The molecule has 2 aliphatic rings. The Balaban J connectivity index is 1.64. The second-order valence-electron chi connectivity index (χ2n) is 6.51. The third-order valence-electron chi connectivity index (χ3n) is 4.63. The predicted octanol–water partition coefficient (Wildman–Crippen LogP) is 2.14. The van der Waals surface area contributed by atoms with Crippen molar-refractivity contribution in [2.75, 3.05) is 39.0 Å². The highest BCUT2D eigenvalue weighted by molar-refractivity contribution is 5.79. The van der Waals surface area contributed by atoms with Gasteiger partial charge in [-0.25, -0.2) is 0 Å². The number of anilines is 1. The highest BCUT2D eigenvalue weighted by Crippen LogP contribution is 2.34. The summed E-state index contributed by atoms with van der Waals surface area (Å²) in [7, 11) is 4.16. The van der Waals surface area contributed by atoms with Crippen LogP contribution in [-0.2, 0) is 4.79 Å². The van der Waals surface area contributed by atoms with Gasteiger partial charge in [0.2, 0.25) is 5.91 Å². The second-order valence-corrected chi connectivity index (χ2v) is 6.51. The first-order valence-corrected chi connectivity index (χ1v) is 7.92. The molecule has 1 fully saturated rings. The smallest absolute Gasteiger partial charge is 0.223 e. The van der Waals surface area contributed by atoms with E-state index in [0.29, 0.717) is 24.3 Å². The fourth-order valence-corrected chi connectivity index (χ4v) is 3.64. The van der Waals surface area contributed by atoms with Crippen molar-refractivity contribution in [2.45, 2.75) is 31.2 Å². The molecule has 2 heterocycles. The van der Waals surface area contributed by atoms with Crippen LogP contribution in [-0.4, -0.2) is 55.5 Å². The summed E-state index contributed by atoms with van der Waals surface area (Å²) in [5, 5.41) is 3.41. The fourth-order valence-electron chi connectivity index (χ4n) is 3.64. The normalized spacial score (nSPS) is 24.2. The molecule has 0 bridgehead atoms. The van der Waals surface area contributed by atoms with E-state index in [1.54, 1.807) is 0 Å². The van der Waals surface area contributed by atoms with Crippen LogP contribution in [0.15, 0.2) is 24.3 Å². The molecule has 0 aliphatic carbocycles. The van der Waals surface area contributed by atoms with Gasteiger partial charge in [-0.2, -0.15) is 0 Å². The molecule has 4 nitrogen and oxygen atoms in total. The number of carbonyl (C=O) groups is 1. The lowest BCUT2D eigenvalue weighted by Crippen LogP contribution is -2.41. The van der Waals surface area contributed by atoms with Gasteiger partial charge >= 0.3 is 0 Å². The van der Waals surface area contributed by atoms with Gasteiger partial charge < -0.3 is 15.1 Å². The number of benzene rings is 1. The molecule has 2 atom stereocenters. The van der Waals surface area contributed by atoms with Crippen molar-refractivity contribution >= 4 is 11.6 Å². The van der Waals surface area contributed by atoms with Crippen LogP contribution in [0.1, 0.15) is 30.7 Å². The Bertz CT molecular complexity index is 515. The zero-order valence-electron chi connectivity index (χ0n) is 13.0. The SMILES string of the molecule is CN(C)CC1CCCN1C(=O)CC1CNc2ccccc21. The van der Waals surface area contributed by atoms with Crippen molar-refractivity contribution in [1.29, 1.82) is 0 Å². The number of amides is 1. The molecule has 21 heavy (non-hydrogen) atoms. The van der Waals surface area contributed by atoms with Crippen LogP contribution < -0.4 is 5.32 Å². The molecule has 1 amide bonds. The van der Waals surface area contributed by atoms with Gasteiger partial charge in [0.1, 0.15) is 0 Å². The molecule has 0 saturated carbocycles. The van der Waals surface area contributed by atoms with Crippen molar-refractivity contribution in [2.24, 2.45) is 0 Å². The molecule has 0 aromatic heterocycles. The molecule has 114 valence electrons. The molecule has 4 heteroatoms. The summed E-state index contributed by atoms with van der Waals surface area (Å²) < 4.78 is 0. The van der Waals surface area contributed by atoms with Gasteiger partial charge in [0.15, 0.2) is 0 Å². The average molecular weight is 287 g/mol. The Kier molecular flexibility index (Phi) is 4.15. The third kappa shape index (κ3) is 3.05. The van der Waals surface area contributed by atoms with E-state index in [9.17, 15) is 4.79 Å². The van der Waals surface area contributed by atoms with Crippen molar-refractivity contribution < 1.29 is 4.79 Å². The number of fused-ring (bicyclic) bond motifs is 1. The lowest BCUT2D eigenvalue weighted by molar-refractivity contribution is -0.132. The Labute approximate surface area is 127 Å². The van der Waals surface area contributed by atoms with Gasteiger partial charge in [0.25, 0.3) is 0 Å². The van der Waals surface area contributed by atoms with Crippen molar-refractivity contribution in [3.8, 4) is 0 Å². The number of nitrogens with one attached hydrogen (secondary N) is 1. The van der Waals surface area contributed by atoms with Gasteiger partial charge in [-0.15, -0.1) is 0 Å². The Morgan fingerprint density at radius 3 is 3.00 bits per heavy atom. The largest absolute Gasteiger partial charge is 0.384 e. The Morgan fingerprint density at radius 1 is 1.38 bits per heavy atom. The number of likely N-dealkylation sites (N-methyl/N-ethyl adjacent to an activating group) is 1. The van der Waals surface area contributed by atoms with E-state index in [-0.39, 0.29) is 0 Å². The minimum atomic E-state index is 0.322. The number of hydrogen-bond donors (Lipinski definition) is 1. The van der Waals surface area contributed by atoms with E-state index in [4.69, 9.17) is 0 Å². The van der Waals surface area contributed by atoms with E-state index in [1.807, 2.05) is 6.07 Å². The average Bonchev–Trinajstić information content (AvgIpc) is 3.06. The van der Waals surface area contributed by atoms with Crippen molar-refractivity contribution in [3.63, 3.8) is 0 Å². The summed E-state index contributed by atoms with van der Waals surface area (Å²) in [4.78, 5) is 17.0. The van der Waals surface area contributed by atoms with Crippen LogP contribution in [0, 0.1) is 0 Å². The topological polar surface area (TPSA) is 35.6 Å². The standard InChI is InChI=1S/C17H25N3O/c1-19(2)12-14-6-5-9-20(14)17(21)10-13-11-18-16-8-4-3-7-15(13)16/h3-4,7-8,13-14,18H,5-6,9-12H2,1-2H3. The Hall–Kier alpha value is -1.55. The number of para-hydroxylation sites is 1. The van der Waals surface area contributed by atoms with Gasteiger partial charge in [0.05, 0.1) is 0 Å². The van der Waals surface area contributed by atoms with E-state index in [0.717, 1.165) is 32.5 Å². The molecule has 1 N–H and O–H groups in total. The maximum atomic E-state index is 12.7. The van der Waals surface area contributed by atoms with Crippen molar-refractivity contribution in [3.05, 3.63) is 29.8 Å². The summed E-state index contributed by atoms with van der Waals surface area (Å²) in [5.74, 6) is 0.650. The van der Waals surface area contributed by atoms with E-state index >= 15 is 0 Å². The lowest BCUT2D eigenvalue weighted by Gasteiger charge is -2.28. The molecule has 0 spiro atoms. The number of likely N-dealkylation sites (tertiary alicyclic amines) is 1. The number of hydrogen-bond acceptors (Lipinski definition) is 3. The molecule has 1 aromatic carbocycles. The zero-order valence-corrected chi connectivity index (χ0v) is 13.0. The van der Waals surface area contributed by atoms with Gasteiger partial charge in [-0.3, -0.25) is 4.79 Å². The van der Waals surface area contributed by atoms with Gasteiger partial charge in [-0.05, 0) is 38.6 Å². The molecule has 1 aromatic rings. The molecule has 2 aliphatic heterocycles. The van der Waals surface area contributed by atoms with Crippen LogP contribution in [0.2, 0.25) is 0 Å². The number of rotatable bonds is 4. The van der Waals surface area contributed by atoms with Crippen LogP contribution in [0.5, 0.6) is 0 Å². The molecular weight excluding hydrogens is 262 g/mol. The van der Waals surface area contributed by atoms with Gasteiger partial charge in [0, 0.05) is 43.7 Å². The predicted molar refractivity (Wildman–Crippen MR) is 85.6 cm³/mol. The minimum Gasteiger partial charge on any atom is -0.384 e. The second kappa shape index (κ2) is 6.06. The Morgan fingerprint density at radius 2 is 2.19 bits per heavy atom. The highest BCUT2D eigenvalue weighted by atomic mass is 16.2. The molecule has 3 rings (SSSR count). The quantitative estimate of drug-likeness (QED) is 0.921. The third-order valence-corrected chi connectivity index (χ3v) is 4.63. The monoisotopic (exact) mass is 287 g/mol. The summed E-state index contributed by atoms with van der Waals surface area (Å²) >= 11 is 0. The molecule has 1 saturated heterocycles. The van der Waals surface area contributed by atoms with Crippen molar-refractivity contribution in [1.82, 2.24) is 9.80 Å². The minimum absolute atomic E-state index is 0.322. The summed E-state index contributed by atoms with van der Waals surface area (Å²) in [6.07, 6.45) is 2.92. The van der Waals surface area contributed by atoms with Crippen LogP contribution >= 0.6 is 0 Å². The molecular formula is C17H25N3O. The summed E-state index contributed by atoms with van der Waals surface area (Å²) in [6, 6.07) is 8.76. The van der Waals surface area contributed by atoms with Crippen LogP contribution in [0.3, 0.4) is 0 Å². The first-order valence-electron chi connectivity index (χ1n) is 7.92. The molecule has 0 radical (unpaired) electrons. The maximum Gasteiger partial charge on any atom is 0.223 e. The summed E-state index contributed by atoms with van der Waals surface area (Å²) in [5.41, 5.74) is 2.50. The number of nitrogens with zero attached hydrogens (tertiary/aromatic N) is 2. The first kappa shape index (κ1) is 14.4. The first-order chi connectivity index (χ1) is 10.1. The van der Waals surface area contributed by atoms with E-state index < -0.39 is 0 Å². The lowest BCUT2D eigenvalue weighted by atomic mass is 9.97. The van der Waals surface area contributed by atoms with E-state index in [2.05, 4.69) is 47.4 Å². The summed E-state index contributed by atoms with van der Waals surface area (Å²) in [6.45, 7) is 2.79. The van der Waals surface area contributed by atoms with Gasteiger partial charge in [-0.1, -0.05) is 18.2 Å². The van der Waals surface area contributed by atoms with Crippen LogP contribution in [0.25, 0.3) is 0 Å². The molecule has 2 unspecified atom stereocenters. The fraction of sp³-hybridized carbons (Fsp3) is 0.588.